The summed E-state index contributed by atoms with van der Waals surface area (Å²) in [5.41, 5.74) is 2.11. The van der Waals surface area contributed by atoms with Gasteiger partial charge in [0.05, 0.1) is 26.4 Å². The molecule has 0 aliphatic rings. The van der Waals surface area contributed by atoms with Gasteiger partial charge in [0.2, 0.25) is 0 Å². The number of hydrogen-bond donors (Lipinski definition) is 0. The predicted octanol–water partition coefficient (Wildman–Crippen LogP) is 11.1. The monoisotopic (exact) mass is 1030 g/mol. The van der Waals surface area contributed by atoms with E-state index in [1.54, 1.807) is 0 Å². The molecule has 0 aliphatic carbocycles. The van der Waals surface area contributed by atoms with Crippen LogP contribution in [0, 0.1) is 0 Å². The minimum Gasteiger partial charge on any atom is -0.550 e. The van der Waals surface area contributed by atoms with Gasteiger partial charge in [-0.2, -0.15) is 0 Å². The maximum absolute atomic E-state index is 11.6. The van der Waals surface area contributed by atoms with E-state index in [1.165, 1.54) is 128 Å². The first-order valence-electron chi connectivity index (χ1n) is 25.3. The Morgan fingerprint density at radius 1 is 0.338 bits per heavy atom. The zero-order valence-corrected chi connectivity index (χ0v) is 44.9. The van der Waals surface area contributed by atoms with E-state index in [0.29, 0.717) is 26.4 Å². The van der Waals surface area contributed by atoms with Gasteiger partial charge in [0.25, 0.3) is 0 Å². The molecule has 11 heteroatoms. The van der Waals surface area contributed by atoms with Gasteiger partial charge in [-0.15, -0.1) is 0 Å². The second kappa shape index (κ2) is 49.7. The van der Waals surface area contributed by atoms with E-state index in [2.05, 4.69) is 0 Å². The van der Waals surface area contributed by atoms with Crippen molar-refractivity contribution in [3.8, 4) is 0 Å². The fourth-order valence-electron chi connectivity index (χ4n) is 7.45. The number of ether oxygens (including phenoxy) is 4. The van der Waals surface area contributed by atoms with Crippen LogP contribution in [0.25, 0.3) is 0 Å². The molecule has 0 radical (unpaired) electrons. The zero-order valence-electron chi connectivity index (χ0n) is 40.4. The van der Waals surface area contributed by atoms with Crippen molar-refractivity contribution in [2.45, 2.75) is 219 Å². The molecule has 0 saturated carbocycles. The summed E-state index contributed by atoms with van der Waals surface area (Å²) >= 11 is 0. The van der Waals surface area contributed by atoms with E-state index >= 15 is 0 Å². The normalized spacial score (nSPS) is 10.7. The summed E-state index contributed by atoms with van der Waals surface area (Å²) in [6.07, 6.45) is 36.1. The van der Waals surface area contributed by atoms with Gasteiger partial charge >= 0.3 is 60.8 Å². The van der Waals surface area contributed by atoms with Crippen LogP contribution in [0.4, 0.5) is 0 Å². The van der Waals surface area contributed by atoms with Crippen LogP contribution in [0.1, 0.15) is 217 Å². The second-order valence-electron chi connectivity index (χ2n) is 17.2. The van der Waals surface area contributed by atoms with Gasteiger partial charge in [-0.1, -0.05) is 228 Å². The number of carbonyl (C=O) groups is 4. The van der Waals surface area contributed by atoms with Gasteiger partial charge in [-0.05, 0) is 49.7 Å². The number of esters is 2. The molecule has 0 aromatic heterocycles. The van der Waals surface area contributed by atoms with Crippen LogP contribution in [0.2, 0.25) is 0 Å². The summed E-state index contributed by atoms with van der Waals surface area (Å²) < 4.78 is 21.2. The van der Waals surface area contributed by atoms with Gasteiger partial charge in [-0.25, -0.2) is 9.59 Å². The molecule has 2 rings (SSSR count). The first-order valence-corrected chi connectivity index (χ1v) is 25.3. The molecule has 0 fully saturated rings. The van der Waals surface area contributed by atoms with Crippen LogP contribution in [-0.4, -0.2) is 99.2 Å². The Balaban J connectivity index is 0.00000124. The predicted molar refractivity (Wildman–Crippen MR) is 258 cm³/mol. The van der Waals surface area contributed by atoms with Crippen LogP contribution in [0.15, 0.2) is 60.7 Å². The van der Waals surface area contributed by atoms with Crippen LogP contribution >= 0.6 is 0 Å². The van der Waals surface area contributed by atoms with Crippen LogP contribution in [0.5, 0.6) is 0 Å². The molecule has 0 atom stereocenters. The first kappa shape index (κ1) is 62.8. The number of carboxylic acid groups (broad SMARTS) is 2. The number of aliphatic carboxylic acids is 2. The number of benzene rings is 2. The maximum Gasteiger partial charge on any atom is 2.00 e. The molecule has 0 aliphatic heterocycles. The maximum atomic E-state index is 11.6. The topological polar surface area (TPSA) is 151 Å². The average molecular weight is 1030 g/mol. The van der Waals surface area contributed by atoms with Gasteiger partial charge in [-0.3, -0.25) is 0 Å². The van der Waals surface area contributed by atoms with E-state index in [9.17, 15) is 29.4 Å². The van der Waals surface area contributed by atoms with Gasteiger partial charge in [0.1, 0.15) is 13.2 Å². The standard InChI is InChI=1S/2C27H44O5.Ba/c2*28-26(29)21-17-12-10-8-6-4-2-1-3-5-7-9-11-13-18-22-32-27(30)24-31-23-25-19-15-14-16-20-25;/h2*14-16,19-20H,1-13,17-18,21-24H2,(H,28,29);/q;;+2/p-2. The quantitative estimate of drug-likeness (QED) is 0.0356. The third kappa shape index (κ3) is 48.1. The summed E-state index contributed by atoms with van der Waals surface area (Å²) in [5, 5.41) is 20.6. The van der Waals surface area contributed by atoms with E-state index in [4.69, 9.17) is 18.9 Å². The summed E-state index contributed by atoms with van der Waals surface area (Å²) in [6.45, 7) is 1.88. The fraction of sp³-hybridized carbons (Fsp3) is 0.704. The van der Waals surface area contributed by atoms with E-state index in [-0.39, 0.29) is 86.9 Å². The van der Waals surface area contributed by atoms with Crippen molar-refractivity contribution in [1.82, 2.24) is 0 Å². The number of hydrogen-bond acceptors (Lipinski definition) is 10. The molecule has 0 saturated heterocycles. The molecule has 2 aromatic carbocycles. The van der Waals surface area contributed by atoms with E-state index < -0.39 is 11.9 Å². The summed E-state index contributed by atoms with van der Waals surface area (Å²) in [7, 11) is 0. The third-order valence-electron chi connectivity index (χ3n) is 11.2. The molecule has 0 N–H and O–H groups in total. The van der Waals surface area contributed by atoms with Crippen molar-refractivity contribution in [1.29, 1.82) is 0 Å². The van der Waals surface area contributed by atoms with Crippen molar-refractivity contribution in [2.24, 2.45) is 0 Å². The SMILES string of the molecule is O=C([O-])CCCCCCCCCCCCCCCCCOC(=O)COCc1ccccc1.O=C([O-])CCCCCCCCCCCCCCCCCOC(=O)COCc1ccccc1.[Ba+2]. The first-order chi connectivity index (χ1) is 31.4. The molecule has 65 heavy (non-hydrogen) atoms. The third-order valence-corrected chi connectivity index (χ3v) is 11.2. The molecule has 0 unspecified atom stereocenters. The molecular formula is C54H86BaO10. The smallest absolute Gasteiger partial charge is 0.550 e. The molecule has 2 aromatic rings. The fourth-order valence-corrected chi connectivity index (χ4v) is 7.45. The van der Waals surface area contributed by atoms with Gasteiger partial charge in [0.15, 0.2) is 0 Å². The molecular weight excluding hydrogens is 946 g/mol. The molecule has 0 spiro atoms. The molecule has 0 heterocycles. The Morgan fingerprint density at radius 2 is 0.569 bits per heavy atom. The van der Waals surface area contributed by atoms with Gasteiger partial charge in [0, 0.05) is 11.9 Å². The number of carboxylic acids is 2. The Kier molecular flexibility index (Phi) is 48.0. The average Bonchev–Trinajstić information content (AvgIpc) is 3.29. The Labute approximate surface area is 434 Å². The van der Waals surface area contributed by atoms with Crippen LogP contribution < -0.4 is 10.2 Å². The Bertz CT molecular complexity index is 1260. The Morgan fingerprint density at radius 3 is 0.815 bits per heavy atom. The summed E-state index contributed by atoms with van der Waals surface area (Å²) in [4.78, 5) is 43.9. The minimum absolute atomic E-state index is 0. The molecule has 10 nitrogen and oxygen atoms in total. The van der Waals surface area contributed by atoms with E-state index in [0.717, 1.165) is 75.3 Å². The summed E-state index contributed by atoms with van der Waals surface area (Å²) in [5.74, 6) is -2.41. The number of rotatable bonds is 44. The second-order valence-corrected chi connectivity index (χ2v) is 17.2. The summed E-state index contributed by atoms with van der Waals surface area (Å²) in [6, 6.07) is 19.6. The van der Waals surface area contributed by atoms with Crippen molar-refractivity contribution in [3.05, 3.63) is 71.8 Å². The van der Waals surface area contributed by atoms with Gasteiger partial charge < -0.3 is 38.7 Å². The van der Waals surface area contributed by atoms with Crippen LogP contribution in [-0.2, 0) is 51.3 Å². The largest absolute Gasteiger partial charge is 2.00 e. The number of unbranched alkanes of at least 4 members (excludes halogenated alkanes) is 28. The van der Waals surface area contributed by atoms with E-state index in [1.807, 2.05) is 60.7 Å². The van der Waals surface area contributed by atoms with Crippen molar-refractivity contribution >= 4 is 72.8 Å². The number of carbonyl (C=O) groups excluding carboxylic acids is 4. The molecule has 0 amide bonds. The van der Waals surface area contributed by atoms with Crippen molar-refractivity contribution < 1.29 is 48.3 Å². The molecule has 364 valence electrons. The van der Waals surface area contributed by atoms with Crippen LogP contribution in [0.3, 0.4) is 0 Å². The molecule has 0 bridgehead atoms. The minimum atomic E-state index is -0.924. The Hall–Kier alpha value is -2.19. The zero-order chi connectivity index (χ0) is 46.2. The van der Waals surface area contributed by atoms with Crippen molar-refractivity contribution in [2.75, 3.05) is 26.4 Å². The van der Waals surface area contributed by atoms with Crippen molar-refractivity contribution in [3.63, 3.8) is 0 Å².